The minimum absolute atomic E-state index is 0.368. The Hall–Kier alpha value is 3.29. The van der Waals surface area contributed by atoms with Crippen LogP contribution in [0.1, 0.15) is 77.0 Å². The molecule has 0 N–H and O–H groups in total. The Kier molecular flexibility index (Phi) is 61.0. The van der Waals surface area contributed by atoms with Gasteiger partial charge in [0.15, 0.2) is 0 Å². The summed E-state index contributed by atoms with van der Waals surface area (Å²) in [5.74, 6) is 0. The normalized spacial score (nSPS) is 19.4. The first-order chi connectivity index (χ1) is 19.2. The molecule has 6 fully saturated rings. The molecule has 6 aliphatic heterocycles. The van der Waals surface area contributed by atoms with Crippen molar-refractivity contribution in [3.05, 3.63) is 0 Å². The average molecular weight is 813 g/mol. The Labute approximate surface area is 284 Å². The Balaban J connectivity index is -0.000000378. The molecule has 6 rings (SSSR count). The fourth-order valence-corrected chi connectivity index (χ4v) is 3.06. The van der Waals surface area contributed by atoms with Gasteiger partial charge in [-0.2, -0.15) is 0 Å². The third-order valence-corrected chi connectivity index (χ3v) is 4.96. The van der Waals surface area contributed by atoms with Gasteiger partial charge in [-0.1, -0.05) is 0 Å². The number of halogens is 6. The Morgan fingerprint density at radius 2 is 0.385 bits per heavy atom. The summed E-state index contributed by atoms with van der Waals surface area (Å²) in [4.78, 5) is 0. The van der Waals surface area contributed by atoms with Crippen molar-refractivity contribution in [3.63, 3.8) is 0 Å². The molecular formula is C24H48Cl6O6V2Zn. The molecule has 6 aliphatic rings. The van der Waals surface area contributed by atoms with Crippen molar-refractivity contribution in [1.29, 1.82) is 0 Å². The molecule has 39 heavy (non-hydrogen) atoms. The summed E-state index contributed by atoms with van der Waals surface area (Å²) in [7, 11) is 29.3. The quantitative estimate of drug-likeness (QED) is 0.228. The molecule has 0 aromatic heterocycles. The molecule has 0 bridgehead atoms. The zero-order chi connectivity index (χ0) is 29.3. The van der Waals surface area contributed by atoms with Gasteiger partial charge in [0, 0.05) is 79.3 Å². The van der Waals surface area contributed by atoms with Gasteiger partial charge in [0.2, 0.25) is 0 Å². The van der Waals surface area contributed by atoms with E-state index in [1.807, 2.05) is 0 Å². The fraction of sp³-hybridized carbons (Fsp3) is 1.00. The molecular weight excluding hydrogens is 764 g/mol. The molecule has 6 saturated heterocycles. The van der Waals surface area contributed by atoms with E-state index in [4.69, 9.17) is 87.2 Å². The van der Waals surface area contributed by atoms with Gasteiger partial charge < -0.3 is 28.4 Å². The van der Waals surface area contributed by atoms with Crippen LogP contribution in [0.2, 0.25) is 0 Å². The number of ether oxygens (including phenoxy) is 6. The van der Waals surface area contributed by atoms with Crippen molar-refractivity contribution < 1.29 is 72.3 Å². The van der Waals surface area contributed by atoms with E-state index >= 15 is 0 Å². The topological polar surface area (TPSA) is 55.4 Å². The van der Waals surface area contributed by atoms with E-state index in [9.17, 15) is 0 Å². The third-order valence-electron chi connectivity index (χ3n) is 4.96. The number of rotatable bonds is 0. The first kappa shape index (κ1) is 46.7. The van der Waals surface area contributed by atoms with Crippen LogP contribution in [0.4, 0.5) is 0 Å². The van der Waals surface area contributed by atoms with Gasteiger partial charge in [-0.3, -0.25) is 0 Å². The van der Waals surface area contributed by atoms with Gasteiger partial charge in [0.1, 0.15) is 0 Å². The molecule has 0 aliphatic carbocycles. The van der Waals surface area contributed by atoms with Crippen molar-refractivity contribution in [3.8, 4) is 0 Å². The second kappa shape index (κ2) is 50.9. The predicted molar refractivity (Wildman–Crippen MR) is 155 cm³/mol. The maximum absolute atomic E-state index is 4.95. The summed E-state index contributed by atoms with van der Waals surface area (Å²) in [6.45, 7) is 12.0. The van der Waals surface area contributed by atoms with Gasteiger partial charge in [0.05, 0.1) is 0 Å². The van der Waals surface area contributed by atoms with Crippen LogP contribution < -0.4 is 0 Å². The molecule has 0 saturated carbocycles. The van der Waals surface area contributed by atoms with Crippen LogP contribution in [-0.4, -0.2) is 79.3 Å². The molecule has 0 aromatic rings. The first-order valence-corrected chi connectivity index (χ1v) is 29.2. The van der Waals surface area contributed by atoms with Crippen molar-refractivity contribution in [2.24, 2.45) is 0 Å². The van der Waals surface area contributed by atoms with Crippen LogP contribution in [0.3, 0.4) is 0 Å². The molecule has 0 aromatic carbocycles. The molecule has 0 spiro atoms. The Morgan fingerprint density at radius 3 is 0.410 bits per heavy atom. The number of hydrogen-bond donors (Lipinski definition) is 0. The van der Waals surface area contributed by atoms with E-state index in [2.05, 4.69) is 0 Å². The van der Waals surface area contributed by atoms with E-state index < -0.39 is 15.1 Å². The predicted octanol–water partition coefficient (Wildman–Crippen LogP) is 8.91. The first-order valence-electron chi connectivity index (χ1n) is 13.7. The van der Waals surface area contributed by atoms with Crippen LogP contribution in [0.25, 0.3) is 0 Å². The molecule has 234 valence electrons. The Morgan fingerprint density at radius 1 is 0.308 bits per heavy atom. The molecule has 0 amide bonds. The standard InChI is InChI=1S/6C4H8O.6ClH.2V.Zn/c6*1-2-4-5-3-1;;;;;;;;;/h6*1-4H2;6*1H;;;/q;;;;;;;;;;;;3*+2/p-6. The summed E-state index contributed by atoms with van der Waals surface area (Å²) in [6, 6.07) is 0. The van der Waals surface area contributed by atoms with E-state index in [0.717, 1.165) is 79.3 Å². The maximum atomic E-state index is 4.95. The van der Waals surface area contributed by atoms with Gasteiger partial charge in [-0.25, -0.2) is 0 Å². The summed E-state index contributed by atoms with van der Waals surface area (Å²) >= 11 is -1.67. The summed E-state index contributed by atoms with van der Waals surface area (Å²) in [6.07, 6.45) is 15.3. The van der Waals surface area contributed by atoms with Gasteiger partial charge >= 0.3 is 103 Å². The zero-order valence-corrected chi connectivity index (χ0v) is 33.6. The summed E-state index contributed by atoms with van der Waals surface area (Å²) < 4.78 is 29.7. The van der Waals surface area contributed by atoms with Gasteiger partial charge in [-0.15, -0.1) is 0 Å². The van der Waals surface area contributed by atoms with Crippen LogP contribution in [0, 0.1) is 0 Å². The zero-order valence-electron chi connectivity index (χ0n) is 23.3. The van der Waals surface area contributed by atoms with Gasteiger partial charge in [0.25, 0.3) is 0 Å². The second-order valence-electron chi connectivity index (χ2n) is 8.15. The molecule has 0 radical (unpaired) electrons. The number of hydrogen-bond acceptors (Lipinski definition) is 6. The van der Waals surface area contributed by atoms with Crippen LogP contribution in [0.5, 0.6) is 0 Å². The molecule has 6 heterocycles. The molecule has 15 heteroatoms. The average Bonchev–Trinajstić information content (AvgIpc) is 3.86. The van der Waals surface area contributed by atoms with Crippen molar-refractivity contribution in [1.82, 2.24) is 0 Å². The minimum atomic E-state index is -0.931. The molecule has 0 unspecified atom stereocenters. The molecule has 6 nitrogen and oxygen atoms in total. The van der Waals surface area contributed by atoms with Gasteiger partial charge in [-0.05, 0) is 77.0 Å². The summed E-state index contributed by atoms with van der Waals surface area (Å²) in [5, 5.41) is 0. The third kappa shape index (κ3) is 57.5. The van der Waals surface area contributed by atoms with Crippen LogP contribution in [-0.2, 0) is 72.3 Å². The van der Waals surface area contributed by atoms with E-state index in [0.29, 0.717) is 0 Å². The van der Waals surface area contributed by atoms with Crippen molar-refractivity contribution in [2.45, 2.75) is 77.0 Å². The summed E-state index contributed by atoms with van der Waals surface area (Å²) in [5.41, 5.74) is 0. The fourth-order valence-electron chi connectivity index (χ4n) is 3.06. The van der Waals surface area contributed by atoms with Crippen LogP contribution >= 0.6 is 58.8 Å². The van der Waals surface area contributed by atoms with E-state index in [1.165, 1.54) is 77.0 Å². The van der Waals surface area contributed by atoms with E-state index in [1.54, 1.807) is 0 Å². The monoisotopic (exact) mass is 808 g/mol. The SMILES string of the molecule is C1CCOC1.C1CCOC1.C1CCOC1.C1CCOC1.C1CCOC1.C1CCOC1.[Cl][V][Cl].[Cl][V][Cl].[Cl][Zn][Cl]. The second-order valence-corrected chi connectivity index (χ2v) is 17.4. The van der Waals surface area contributed by atoms with Crippen molar-refractivity contribution >= 4 is 58.8 Å². The van der Waals surface area contributed by atoms with Crippen molar-refractivity contribution in [2.75, 3.05) is 79.3 Å². The van der Waals surface area contributed by atoms with Crippen LogP contribution in [0.15, 0.2) is 0 Å². The molecule has 0 atom stereocenters. The van der Waals surface area contributed by atoms with E-state index in [-0.39, 0.29) is 28.7 Å². The Bertz CT molecular complexity index is 244.